The summed E-state index contributed by atoms with van der Waals surface area (Å²) in [6, 6.07) is 0. The topological polar surface area (TPSA) is 29.5 Å². The van der Waals surface area contributed by atoms with Crippen LogP contribution in [-0.4, -0.2) is 10.9 Å². The van der Waals surface area contributed by atoms with Gasteiger partial charge in [-0.3, -0.25) is 5.26 Å². The molecule has 0 spiro atoms. The Morgan fingerprint density at radius 2 is 1.55 bits per heavy atom. The van der Waals surface area contributed by atoms with Crippen molar-refractivity contribution in [3.8, 4) is 0 Å². The maximum Gasteiger partial charge on any atom is 0.100 e. The molecule has 68 valence electrons. The third-order valence-corrected chi connectivity index (χ3v) is 2.13. The molecule has 0 aromatic heterocycles. The van der Waals surface area contributed by atoms with Gasteiger partial charge in [-0.15, -0.1) is 0 Å². The minimum absolute atomic E-state index is 0.224. The second kappa shape index (κ2) is 5.56. The highest BCUT2D eigenvalue weighted by atomic mass is 17.1. The van der Waals surface area contributed by atoms with Gasteiger partial charge in [0.2, 0.25) is 0 Å². The lowest BCUT2D eigenvalue weighted by atomic mass is 9.87. The Balaban J connectivity index is 0.000000461. The molecule has 0 unspecified atom stereocenters. The van der Waals surface area contributed by atoms with Gasteiger partial charge in [0, 0.05) is 0 Å². The summed E-state index contributed by atoms with van der Waals surface area (Å²) in [5.74, 6) is 0. The lowest BCUT2D eigenvalue weighted by molar-refractivity contribution is -0.324. The summed E-state index contributed by atoms with van der Waals surface area (Å²) in [6.45, 7) is 5.96. The number of hydrogen-bond acceptors (Lipinski definition) is 2. The summed E-state index contributed by atoms with van der Waals surface area (Å²) in [5.41, 5.74) is -0.224. The van der Waals surface area contributed by atoms with Crippen molar-refractivity contribution in [3.63, 3.8) is 0 Å². The maximum absolute atomic E-state index is 8.45. The van der Waals surface area contributed by atoms with Crippen LogP contribution in [0.15, 0.2) is 0 Å². The van der Waals surface area contributed by atoms with Crippen LogP contribution in [0.5, 0.6) is 0 Å². The molecule has 1 rings (SSSR count). The predicted octanol–water partition coefficient (Wildman–Crippen LogP) is 3.23. The molecule has 11 heavy (non-hydrogen) atoms. The van der Waals surface area contributed by atoms with E-state index in [1.807, 2.05) is 20.8 Å². The van der Waals surface area contributed by atoms with Gasteiger partial charge in [0.1, 0.15) is 5.60 Å². The molecule has 0 atom stereocenters. The summed E-state index contributed by atoms with van der Waals surface area (Å²) >= 11 is 0. The second-order valence-electron chi connectivity index (χ2n) is 3.10. The first-order valence-electron chi connectivity index (χ1n) is 4.59. The quantitative estimate of drug-likeness (QED) is 0.471. The van der Waals surface area contributed by atoms with E-state index in [2.05, 4.69) is 4.89 Å². The molecule has 0 aromatic carbocycles. The third kappa shape index (κ3) is 3.73. The van der Waals surface area contributed by atoms with Crippen LogP contribution in [0.25, 0.3) is 0 Å². The summed E-state index contributed by atoms with van der Waals surface area (Å²) < 4.78 is 0. The molecule has 1 saturated carbocycles. The molecule has 0 saturated heterocycles. The van der Waals surface area contributed by atoms with Crippen LogP contribution in [0.3, 0.4) is 0 Å². The molecule has 1 aliphatic rings. The van der Waals surface area contributed by atoms with Crippen molar-refractivity contribution in [2.24, 2.45) is 0 Å². The fourth-order valence-electron chi connectivity index (χ4n) is 1.39. The van der Waals surface area contributed by atoms with Gasteiger partial charge in [-0.25, -0.2) is 4.89 Å². The highest BCUT2D eigenvalue weighted by Gasteiger charge is 2.27. The van der Waals surface area contributed by atoms with Gasteiger partial charge in [-0.2, -0.15) is 0 Å². The Kier molecular flexibility index (Phi) is 5.51. The van der Waals surface area contributed by atoms with E-state index in [0.717, 1.165) is 12.8 Å². The molecule has 0 aromatic rings. The standard InChI is InChI=1S/C7H14O2.C2H6/c1-7(9-8)5-3-2-4-6-7;1-2/h8H,2-6H2,1H3;1-2H3. The smallest absolute Gasteiger partial charge is 0.100 e. The number of rotatable bonds is 1. The van der Waals surface area contributed by atoms with E-state index in [-0.39, 0.29) is 5.60 Å². The Morgan fingerprint density at radius 3 is 1.82 bits per heavy atom. The molecule has 0 aliphatic heterocycles. The first-order valence-corrected chi connectivity index (χ1v) is 4.59. The third-order valence-electron chi connectivity index (χ3n) is 2.13. The zero-order valence-corrected chi connectivity index (χ0v) is 7.89. The van der Waals surface area contributed by atoms with E-state index >= 15 is 0 Å². The highest BCUT2D eigenvalue weighted by Crippen LogP contribution is 2.29. The van der Waals surface area contributed by atoms with E-state index in [9.17, 15) is 0 Å². The number of hydrogen-bond donors (Lipinski definition) is 1. The van der Waals surface area contributed by atoms with Crippen molar-refractivity contribution < 1.29 is 10.1 Å². The molecule has 2 nitrogen and oxygen atoms in total. The van der Waals surface area contributed by atoms with Gasteiger partial charge in [-0.05, 0) is 19.8 Å². The maximum atomic E-state index is 8.45. The van der Waals surface area contributed by atoms with Gasteiger partial charge >= 0.3 is 0 Å². The highest BCUT2D eigenvalue weighted by molar-refractivity contribution is 4.77. The van der Waals surface area contributed by atoms with E-state index < -0.39 is 0 Å². The zero-order chi connectivity index (χ0) is 8.74. The van der Waals surface area contributed by atoms with Gasteiger partial charge < -0.3 is 0 Å². The molecule has 0 radical (unpaired) electrons. The SMILES string of the molecule is CC.CC1(OO)CCCCC1. The van der Waals surface area contributed by atoms with Crippen LogP contribution in [0, 0.1) is 0 Å². The Bertz CT molecular complexity index is 85.6. The predicted molar refractivity (Wildman–Crippen MR) is 46.6 cm³/mol. The van der Waals surface area contributed by atoms with Crippen molar-refractivity contribution in [1.82, 2.24) is 0 Å². The molecule has 1 fully saturated rings. The molecule has 2 heteroatoms. The lowest BCUT2D eigenvalue weighted by Gasteiger charge is -2.29. The van der Waals surface area contributed by atoms with E-state index in [1.54, 1.807) is 0 Å². The molecule has 0 bridgehead atoms. The van der Waals surface area contributed by atoms with Crippen LogP contribution in [0.2, 0.25) is 0 Å². The molecule has 0 amide bonds. The van der Waals surface area contributed by atoms with Crippen LogP contribution < -0.4 is 0 Å². The molecule has 0 heterocycles. The average molecular weight is 160 g/mol. The average Bonchev–Trinajstić information content (AvgIpc) is 2.10. The van der Waals surface area contributed by atoms with Crippen LogP contribution in [-0.2, 0) is 4.89 Å². The van der Waals surface area contributed by atoms with E-state index in [4.69, 9.17) is 5.26 Å². The van der Waals surface area contributed by atoms with Gasteiger partial charge in [0.15, 0.2) is 0 Å². The summed E-state index contributed by atoms with van der Waals surface area (Å²) in [7, 11) is 0. The summed E-state index contributed by atoms with van der Waals surface area (Å²) in [6.07, 6.45) is 5.68. The fourth-order valence-corrected chi connectivity index (χ4v) is 1.39. The van der Waals surface area contributed by atoms with Gasteiger partial charge in [0.05, 0.1) is 0 Å². The fraction of sp³-hybridized carbons (Fsp3) is 1.00. The van der Waals surface area contributed by atoms with Gasteiger partial charge in [-0.1, -0.05) is 33.1 Å². The Hall–Kier alpha value is -0.0800. The molecular formula is C9H20O2. The molecule has 1 N–H and O–H groups in total. The summed E-state index contributed by atoms with van der Waals surface area (Å²) in [4.78, 5) is 4.38. The van der Waals surface area contributed by atoms with E-state index in [1.165, 1.54) is 19.3 Å². The van der Waals surface area contributed by atoms with Crippen LogP contribution >= 0.6 is 0 Å². The van der Waals surface area contributed by atoms with E-state index in [0.29, 0.717) is 0 Å². The van der Waals surface area contributed by atoms with Gasteiger partial charge in [0.25, 0.3) is 0 Å². The Morgan fingerprint density at radius 1 is 1.09 bits per heavy atom. The van der Waals surface area contributed by atoms with Crippen LogP contribution in [0.1, 0.15) is 52.9 Å². The molecular weight excluding hydrogens is 140 g/mol. The first kappa shape index (κ1) is 10.9. The van der Waals surface area contributed by atoms with Crippen molar-refractivity contribution in [1.29, 1.82) is 0 Å². The second-order valence-corrected chi connectivity index (χ2v) is 3.10. The lowest BCUT2D eigenvalue weighted by Crippen LogP contribution is -2.29. The minimum Gasteiger partial charge on any atom is -0.251 e. The van der Waals surface area contributed by atoms with Crippen molar-refractivity contribution >= 4 is 0 Å². The zero-order valence-electron chi connectivity index (χ0n) is 7.89. The monoisotopic (exact) mass is 160 g/mol. The first-order chi connectivity index (χ1) is 5.27. The normalized spacial score (nSPS) is 21.8. The van der Waals surface area contributed by atoms with Crippen molar-refractivity contribution in [3.05, 3.63) is 0 Å². The summed E-state index contributed by atoms with van der Waals surface area (Å²) in [5, 5.41) is 8.45. The largest absolute Gasteiger partial charge is 0.251 e. The Labute approximate surface area is 69.5 Å². The van der Waals surface area contributed by atoms with Crippen molar-refractivity contribution in [2.45, 2.75) is 58.5 Å². The molecule has 1 aliphatic carbocycles. The minimum atomic E-state index is -0.224. The van der Waals surface area contributed by atoms with Crippen LogP contribution in [0.4, 0.5) is 0 Å². The van der Waals surface area contributed by atoms with Crippen molar-refractivity contribution in [2.75, 3.05) is 0 Å².